The van der Waals surface area contributed by atoms with Crippen molar-refractivity contribution in [2.24, 2.45) is 0 Å². The number of rotatable bonds is 5. The van der Waals surface area contributed by atoms with E-state index in [1.807, 2.05) is 0 Å². The number of methoxy groups -OCH3 is 1. The maximum absolute atomic E-state index is 12.1. The summed E-state index contributed by atoms with van der Waals surface area (Å²) in [4.78, 5) is 24.1. The van der Waals surface area contributed by atoms with Gasteiger partial charge >= 0.3 is 12.0 Å². The van der Waals surface area contributed by atoms with Crippen LogP contribution >= 0.6 is 15.9 Å². The van der Waals surface area contributed by atoms with Gasteiger partial charge in [-0.15, -0.1) is 0 Å². The number of aliphatic carboxylic acids is 1. The number of benzene rings is 1. The number of carboxylic acid groups (broad SMARTS) is 1. The van der Waals surface area contributed by atoms with Crippen LogP contribution in [0, 0.1) is 0 Å². The third-order valence-electron chi connectivity index (χ3n) is 2.55. The van der Waals surface area contributed by atoms with Gasteiger partial charge in [0, 0.05) is 22.3 Å². The highest BCUT2D eigenvalue weighted by Crippen LogP contribution is 2.24. The summed E-state index contributed by atoms with van der Waals surface area (Å²) in [6, 6.07) is 4.43. The molecule has 0 heterocycles. The maximum Gasteiger partial charge on any atom is 0.323 e. The zero-order chi connectivity index (χ0) is 15.3. The largest absolute Gasteiger partial charge is 0.497 e. The highest BCUT2D eigenvalue weighted by atomic mass is 79.9. The number of halogens is 1. The maximum atomic E-state index is 12.1. The topological polar surface area (TPSA) is 78.9 Å². The van der Waals surface area contributed by atoms with Crippen LogP contribution in [0.3, 0.4) is 0 Å². The quantitative estimate of drug-likeness (QED) is 0.860. The first-order valence-electron chi connectivity index (χ1n) is 5.97. The van der Waals surface area contributed by atoms with Crippen LogP contribution in [0.4, 0.5) is 10.5 Å². The van der Waals surface area contributed by atoms with Crippen LogP contribution in [0.25, 0.3) is 0 Å². The molecule has 20 heavy (non-hydrogen) atoms. The highest BCUT2D eigenvalue weighted by molar-refractivity contribution is 9.10. The lowest BCUT2D eigenvalue weighted by molar-refractivity contribution is -0.137. The molecule has 0 aromatic heterocycles. The van der Waals surface area contributed by atoms with Crippen molar-refractivity contribution in [1.29, 1.82) is 0 Å². The first-order valence-corrected chi connectivity index (χ1v) is 6.76. The standard InChI is InChI=1S/C13H17BrN2O4/c1-8(2)16(7-12(17)18)13(19)15-10-4-9(14)5-11(6-10)20-3/h4-6,8H,7H2,1-3H3,(H,15,19)(H,17,18). The van der Waals surface area contributed by atoms with Crippen molar-refractivity contribution in [3.63, 3.8) is 0 Å². The van der Waals surface area contributed by atoms with Gasteiger partial charge in [-0.3, -0.25) is 4.79 Å². The number of carbonyl (C=O) groups is 2. The molecule has 0 saturated heterocycles. The third kappa shape index (κ3) is 4.73. The summed E-state index contributed by atoms with van der Waals surface area (Å²) < 4.78 is 5.85. The van der Waals surface area contributed by atoms with Gasteiger partial charge < -0.3 is 20.1 Å². The van der Waals surface area contributed by atoms with E-state index in [1.165, 1.54) is 12.0 Å². The summed E-state index contributed by atoms with van der Waals surface area (Å²) in [5, 5.41) is 11.5. The Kier molecular flexibility index (Phi) is 5.82. The third-order valence-corrected chi connectivity index (χ3v) is 3.01. The Hall–Kier alpha value is -1.76. The van der Waals surface area contributed by atoms with Crippen LogP contribution in [0.15, 0.2) is 22.7 Å². The van der Waals surface area contributed by atoms with Crippen molar-refractivity contribution < 1.29 is 19.4 Å². The number of hydrogen-bond donors (Lipinski definition) is 2. The number of nitrogens with one attached hydrogen (secondary N) is 1. The van der Waals surface area contributed by atoms with Crippen molar-refractivity contribution in [3.05, 3.63) is 22.7 Å². The second-order valence-electron chi connectivity index (χ2n) is 4.43. The molecule has 0 saturated carbocycles. The van der Waals surface area contributed by atoms with Crippen molar-refractivity contribution >= 4 is 33.6 Å². The molecule has 0 aliphatic carbocycles. The first-order chi connectivity index (χ1) is 9.33. The minimum Gasteiger partial charge on any atom is -0.497 e. The van der Waals surface area contributed by atoms with Gasteiger partial charge in [-0.1, -0.05) is 15.9 Å². The smallest absolute Gasteiger partial charge is 0.323 e. The van der Waals surface area contributed by atoms with Gasteiger partial charge in [0.2, 0.25) is 0 Å². The predicted molar refractivity (Wildman–Crippen MR) is 79.2 cm³/mol. The van der Waals surface area contributed by atoms with Crippen molar-refractivity contribution in [3.8, 4) is 5.75 Å². The average Bonchev–Trinajstić information content (AvgIpc) is 2.34. The fourth-order valence-corrected chi connectivity index (χ4v) is 2.05. The second-order valence-corrected chi connectivity index (χ2v) is 5.34. The second kappa shape index (κ2) is 7.14. The van der Waals surface area contributed by atoms with Gasteiger partial charge in [0.1, 0.15) is 12.3 Å². The molecular weight excluding hydrogens is 328 g/mol. The van der Waals surface area contributed by atoms with Crippen LogP contribution in [0.2, 0.25) is 0 Å². The zero-order valence-corrected chi connectivity index (χ0v) is 13.1. The molecule has 0 spiro atoms. The number of ether oxygens (including phenoxy) is 1. The number of carboxylic acids is 1. The van der Waals surface area contributed by atoms with E-state index in [1.54, 1.807) is 32.0 Å². The number of hydrogen-bond acceptors (Lipinski definition) is 3. The Bertz CT molecular complexity index is 505. The predicted octanol–water partition coefficient (Wildman–Crippen LogP) is 2.78. The van der Waals surface area contributed by atoms with Gasteiger partial charge in [0.05, 0.1) is 7.11 Å². The number of carbonyl (C=O) groups excluding carboxylic acids is 1. The first kappa shape index (κ1) is 16.3. The Balaban J connectivity index is 2.87. The highest BCUT2D eigenvalue weighted by Gasteiger charge is 2.20. The number of nitrogens with zero attached hydrogens (tertiary/aromatic N) is 1. The zero-order valence-electron chi connectivity index (χ0n) is 11.5. The molecule has 0 atom stereocenters. The van der Waals surface area contributed by atoms with Gasteiger partial charge in [-0.2, -0.15) is 0 Å². The summed E-state index contributed by atoms with van der Waals surface area (Å²) in [6.45, 7) is 3.16. The van der Waals surface area contributed by atoms with Crippen LogP contribution in [0.1, 0.15) is 13.8 Å². The lowest BCUT2D eigenvalue weighted by atomic mass is 10.3. The normalized spacial score (nSPS) is 10.2. The van der Waals surface area contributed by atoms with E-state index in [0.717, 1.165) is 4.47 Å². The van der Waals surface area contributed by atoms with E-state index in [4.69, 9.17) is 9.84 Å². The molecule has 6 nitrogen and oxygen atoms in total. The molecule has 1 rings (SSSR count). The molecule has 0 bridgehead atoms. The van der Waals surface area contributed by atoms with E-state index >= 15 is 0 Å². The van der Waals surface area contributed by atoms with Gasteiger partial charge in [-0.25, -0.2) is 4.79 Å². The van der Waals surface area contributed by atoms with Gasteiger partial charge in [-0.05, 0) is 26.0 Å². The van der Waals surface area contributed by atoms with Crippen LogP contribution in [-0.2, 0) is 4.79 Å². The average molecular weight is 345 g/mol. The lowest BCUT2D eigenvalue weighted by Crippen LogP contribution is -2.43. The Morgan fingerprint density at radius 3 is 2.55 bits per heavy atom. The van der Waals surface area contributed by atoms with Crippen LogP contribution in [-0.4, -0.2) is 41.7 Å². The monoisotopic (exact) mass is 344 g/mol. The van der Waals surface area contributed by atoms with Crippen LogP contribution < -0.4 is 10.1 Å². The summed E-state index contributed by atoms with van der Waals surface area (Å²) in [5.74, 6) is -0.468. The summed E-state index contributed by atoms with van der Waals surface area (Å²) in [5.41, 5.74) is 0.525. The van der Waals surface area contributed by atoms with Crippen molar-refractivity contribution in [1.82, 2.24) is 4.90 Å². The van der Waals surface area contributed by atoms with Crippen molar-refractivity contribution in [2.45, 2.75) is 19.9 Å². The Morgan fingerprint density at radius 1 is 1.40 bits per heavy atom. The molecule has 2 N–H and O–H groups in total. The molecule has 0 aliphatic rings. The molecular formula is C13H17BrN2O4. The Labute approximate surface area is 125 Å². The number of anilines is 1. The lowest BCUT2D eigenvalue weighted by Gasteiger charge is -2.25. The van der Waals surface area contributed by atoms with E-state index < -0.39 is 12.0 Å². The SMILES string of the molecule is COc1cc(Br)cc(NC(=O)N(CC(=O)O)C(C)C)c1. The van der Waals surface area contributed by atoms with Gasteiger partial charge in [0.25, 0.3) is 0 Å². The molecule has 2 amide bonds. The summed E-state index contributed by atoms with van der Waals surface area (Å²) in [6.07, 6.45) is 0. The molecule has 0 unspecified atom stereocenters. The van der Waals surface area contributed by atoms with Crippen LogP contribution in [0.5, 0.6) is 5.75 Å². The summed E-state index contributed by atoms with van der Waals surface area (Å²) in [7, 11) is 1.53. The summed E-state index contributed by atoms with van der Waals surface area (Å²) >= 11 is 3.31. The van der Waals surface area contributed by atoms with E-state index in [2.05, 4.69) is 21.2 Å². The minimum atomic E-state index is -1.05. The molecule has 110 valence electrons. The van der Waals surface area contributed by atoms with E-state index in [0.29, 0.717) is 11.4 Å². The van der Waals surface area contributed by atoms with E-state index in [9.17, 15) is 9.59 Å². The van der Waals surface area contributed by atoms with Gasteiger partial charge in [0.15, 0.2) is 0 Å². The molecule has 0 fully saturated rings. The molecule has 1 aromatic rings. The fourth-order valence-electron chi connectivity index (χ4n) is 1.58. The molecule has 0 radical (unpaired) electrons. The molecule has 1 aromatic carbocycles. The Morgan fingerprint density at radius 2 is 2.05 bits per heavy atom. The van der Waals surface area contributed by atoms with E-state index in [-0.39, 0.29) is 12.6 Å². The molecule has 7 heteroatoms. The molecule has 0 aliphatic heterocycles. The fraction of sp³-hybridized carbons (Fsp3) is 0.385. The minimum absolute atomic E-state index is 0.222. The number of urea groups is 1. The number of amides is 2. The van der Waals surface area contributed by atoms with Crippen molar-refractivity contribution in [2.75, 3.05) is 19.0 Å².